The first kappa shape index (κ1) is 31.6. The fourth-order valence-electron chi connectivity index (χ4n) is 2.64. The van der Waals surface area contributed by atoms with Crippen molar-refractivity contribution in [3.8, 4) is 5.75 Å². The van der Waals surface area contributed by atoms with Crippen molar-refractivity contribution in [3.63, 3.8) is 0 Å². The molecule has 1 rings (SSSR count). The van der Waals surface area contributed by atoms with Crippen molar-refractivity contribution in [1.82, 2.24) is 0 Å². The standard InChI is InChI=1S/C18H13F15O3/c1-8(34)36-10-5-3-4-9(6-10)11(35-2)7-12(19,20)13(21,22)14(23,24)15(25,26)16(27,28)17(29,30)18(31,32)33/h3-6,11H,7H2,1-2H3. The average Bonchev–Trinajstić information content (AvgIpc) is 2.70. The summed E-state index contributed by atoms with van der Waals surface area (Å²) in [5.41, 5.74) is -0.629. The Hall–Kier alpha value is -2.40. The summed E-state index contributed by atoms with van der Waals surface area (Å²) in [7, 11) is 0.516. The second kappa shape index (κ2) is 9.48. The van der Waals surface area contributed by atoms with Gasteiger partial charge in [0.25, 0.3) is 0 Å². The quantitative estimate of drug-likeness (QED) is 0.174. The van der Waals surface area contributed by atoms with E-state index >= 15 is 0 Å². The van der Waals surface area contributed by atoms with Crippen molar-refractivity contribution in [2.24, 2.45) is 0 Å². The molecule has 0 heterocycles. The molecule has 1 aromatic rings. The largest absolute Gasteiger partial charge is 0.460 e. The molecule has 18 heteroatoms. The van der Waals surface area contributed by atoms with Crippen LogP contribution in [0.4, 0.5) is 65.9 Å². The maximum Gasteiger partial charge on any atom is 0.460 e. The lowest BCUT2D eigenvalue weighted by Gasteiger charge is -2.42. The molecule has 0 aliphatic heterocycles. The molecule has 0 amide bonds. The van der Waals surface area contributed by atoms with Crippen LogP contribution < -0.4 is 4.74 Å². The highest BCUT2D eigenvalue weighted by Gasteiger charge is 2.93. The molecule has 36 heavy (non-hydrogen) atoms. The number of carbonyl (C=O) groups excluding carboxylic acids is 1. The predicted octanol–water partition coefficient (Wildman–Crippen LogP) is 7.06. The van der Waals surface area contributed by atoms with E-state index in [-0.39, 0.29) is 0 Å². The van der Waals surface area contributed by atoms with Gasteiger partial charge in [0.1, 0.15) is 5.75 Å². The summed E-state index contributed by atoms with van der Waals surface area (Å²) in [5.74, 6) is -48.4. The predicted molar refractivity (Wildman–Crippen MR) is 87.9 cm³/mol. The number of alkyl halides is 15. The first-order valence-electron chi connectivity index (χ1n) is 8.96. The fraction of sp³-hybridized carbons (Fsp3) is 0.611. The van der Waals surface area contributed by atoms with Crippen molar-refractivity contribution < 1.29 is 80.1 Å². The second-order valence-electron chi connectivity index (χ2n) is 7.17. The summed E-state index contributed by atoms with van der Waals surface area (Å²) in [6.07, 6.45) is -12.8. The van der Waals surface area contributed by atoms with Crippen LogP contribution in [0.15, 0.2) is 24.3 Å². The Kier molecular flexibility index (Phi) is 8.33. The van der Waals surface area contributed by atoms with Crippen LogP contribution in [0.3, 0.4) is 0 Å². The molecule has 0 bridgehead atoms. The van der Waals surface area contributed by atoms with Crippen molar-refractivity contribution in [3.05, 3.63) is 29.8 Å². The molecule has 0 aliphatic rings. The third kappa shape index (κ3) is 5.04. The molecule has 3 nitrogen and oxygen atoms in total. The number of esters is 1. The van der Waals surface area contributed by atoms with Gasteiger partial charge in [0.15, 0.2) is 0 Å². The molecule has 0 radical (unpaired) electrons. The van der Waals surface area contributed by atoms with Gasteiger partial charge < -0.3 is 9.47 Å². The summed E-state index contributed by atoms with van der Waals surface area (Å²) in [5, 5.41) is 0. The van der Waals surface area contributed by atoms with Crippen LogP contribution in [0, 0.1) is 0 Å². The normalized spacial score (nSPS) is 15.6. The maximum atomic E-state index is 14.2. The van der Waals surface area contributed by atoms with Crippen molar-refractivity contribution in [2.75, 3.05) is 7.11 Å². The summed E-state index contributed by atoms with van der Waals surface area (Å²) in [6.45, 7) is 0.871. The minimum absolute atomic E-state index is 0.428. The lowest BCUT2D eigenvalue weighted by atomic mass is 9.88. The highest BCUT2D eigenvalue weighted by molar-refractivity contribution is 5.69. The topological polar surface area (TPSA) is 35.5 Å². The Balaban J connectivity index is 3.49. The van der Waals surface area contributed by atoms with Crippen LogP contribution in [0.1, 0.15) is 25.0 Å². The van der Waals surface area contributed by atoms with Gasteiger partial charge in [-0.3, -0.25) is 4.79 Å². The minimum Gasteiger partial charge on any atom is -0.427 e. The van der Waals surface area contributed by atoms with Gasteiger partial charge in [0, 0.05) is 20.5 Å². The number of halogens is 15. The molecule has 0 saturated carbocycles. The molecule has 208 valence electrons. The average molecular weight is 562 g/mol. The molecule has 0 saturated heterocycles. The van der Waals surface area contributed by atoms with Crippen LogP contribution in [0.5, 0.6) is 5.75 Å². The fourth-order valence-corrected chi connectivity index (χ4v) is 2.64. The number of rotatable bonds is 10. The molecule has 1 unspecified atom stereocenters. The lowest BCUT2D eigenvalue weighted by Crippen LogP contribution is -2.72. The number of hydrogen-bond acceptors (Lipinski definition) is 3. The monoisotopic (exact) mass is 562 g/mol. The summed E-state index contributed by atoms with van der Waals surface area (Å²) in [4.78, 5) is 10.9. The highest BCUT2D eigenvalue weighted by atomic mass is 19.4. The van der Waals surface area contributed by atoms with Crippen LogP contribution >= 0.6 is 0 Å². The minimum atomic E-state index is -8.36. The Morgan fingerprint density at radius 1 is 0.750 bits per heavy atom. The van der Waals surface area contributed by atoms with Gasteiger partial charge in [-0.1, -0.05) is 12.1 Å². The van der Waals surface area contributed by atoms with Gasteiger partial charge in [-0.15, -0.1) is 0 Å². The Bertz CT molecular complexity index is 940. The van der Waals surface area contributed by atoms with Crippen molar-refractivity contribution in [1.29, 1.82) is 0 Å². The number of hydrogen-bond donors (Lipinski definition) is 0. The van der Waals surface area contributed by atoms with Gasteiger partial charge in [-0.05, 0) is 17.7 Å². The third-order valence-electron chi connectivity index (χ3n) is 4.61. The van der Waals surface area contributed by atoms with Crippen LogP contribution in [0.25, 0.3) is 0 Å². The third-order valence-corrected chi connectivity index (χ3v) is 4.61. The van der Waals surface area contributed by atoms with E-state index in [4.69, 9.17) is 0 Å². The zero-order chi connectivity index (χ0) is 28.8. The van der Waals surface area contributed by atoms with E-state index in [9.17, 15) is 70.7 Å². The van der Waals surface area contributed by atoms with E-state index in [1.54, 1.807) is 0 Å². The van der Waals surface area contributed by atoms with Crippen molar-refractivity contribution in [2.45, 2.75) is 61.2 Å². The van der Waals surface area contributed by atoms with Crippen LogP contribution in [-0.2, 0) is 9.53 Å². The van der Waals surface area contributed by atoms with E-state index in [1.165, 1.54) is 0 Å². The molecule has 1 atom stereocenters. The number of ether oxygens (including phenoxy) is 2. The SMILES string of the molecule is COC(CC(F)(F)C(F)(F)C(F)(F)C(F)(F)C(F)(F)C(F)(F)C(F)(F)F)c1cccc(OC(C)=O)c1. The van der Waals surface area contributed by atoms with Crippen LogP contribution in [0.2, 0.25) is 0 Å². The molecular formula is C18H13F15O3. The van der Waals surface area contributed by atoms with E-state index < -0.39 is 71.5 Å². The van der Waals surface area contributed by atoms with Gasteiger partial charge in [0.2, 0.25) is 0 Å². The van der Waals surface area contributed by atoms with Crippen molar-refractivity contribution >= 4 is 5.97 Å². The Labute approximate surface area is 191 Å². The number of carbonyl (C=O) groups is 1. The molecule has 1 aromatic carbocycles. The maximum absolute atomic E-state index is 14.2. The molecule has 0 N–H and O–H groups in total. The highest BCUT2D eigenvalue weighted by Crippen LogP contribution is 2.63. The first-order valence-corrected chi connectivity index (χ1v) is 8.96. The zero-order valence-corrected chi connectivity index (χ0v) is 17.5. The van der Waals surface area contributed by atoms with Gasteiger partial charge in [-0.2, -0.15) is 65.9 Å². The number of methoxy groups -OCH3 is 1. The molecule has 0 aliphatic carbocycles. The summed E-state index contributed by atoms with van der Waals surface area (Å²) >= 11 is 0. The molecule has 0 aromatic heterocycles. The second-order valence-corrected chi connectivity index (χ2v) is 7.17. The van der Waals surface area contributed by atoms with Gasteiger partial charge in [-0.25, -0.2) is 0 Å². The van der Waals surface area contributed by atoms with Crippen LogP contribution in [-0.4, -0.2) is 54.8 Å². The summed E-state index contributed by atoms with van der Waals surface area (Å²) < 4.78 is 209. The van der Waals surface area contributed by atoms with E-state index in [0.29, 0.717) is 13.2 Å². The van der Waals surface area contributed by atoms with Gasteiger partial charge >= 0.3 is 47.7 Å². The smallest absolute Gasteiger partial charge is 0.427 e. The van der Waals surface area contributed by atoms with E-state index in [2.05, 4.69) is 9.47 Å². The molecule has 0 spiro atoms. The summed E-state index contributed by atoms with van der Waals surface area (Å²) in [6, 6.07) is 3.44. The Morgan fingerprint density at radius 3 is 1.61 bits per heavy atom. The molecular weight excluding hydrogens is 549 g/mol. The van der Waals surface area contributed by atoms with E-state index in [0.717, 1.165) is 25.1 Å². The zero-order valence-electron chi connectivity index (χ0n) is 17.5. The first-order chi connectivity index (χ1) is 15.8. The van der Waals surface area contributed by atoms with E-state index in [1.807, 2.05) is 0 Å². The molecule has 0 fully saturated rings. The number of benzene rings is 1. The lowest BCUT2D eigenvalue weighted by molar-refractivity contribution is -0.453. The Morgan fingerprint density at radius 2 is 1.19 bits per heavy atom. The van der Waals surface area contributed by atoms with Gasteiger partial charge in [0.05, 0.1) is 6.10 Å².